The summed E-state index contributed by atoms with van der Waals surface area (Å²) in [6, 6.07) is 13.7. The lowest BCUT2D eigenvalue weighted by molar-refractivity contribution is 0.170. The van der Waals surface area contributed by atoms with Gasteiger partial charge in [-0.25, -0.2) is 4.39 Å². The molecule has 0 fully saturated rings. The van der Waals surface area contributed by atoms with Crippen molar-refractivity contribution in [3.63, 3.8) is 0 Å². The number of hydrogen-bond acceptors (Lipinski definition) is 2. The minimum Gasteiger partial charge on any atom is -0.484 e. The van der Waals surface area contributed by atoms with Gasteiger partial charge in [-0.2, -0.15) is 0 Å². The maximum absolute atomic E-state index is 13.4. The monoisotopic (exact) mass is 337 g/mol. The molecular formula is C16H17BrFNO. The summed E-state index contributed by atoms with van der Waals surface area (Å²) in [4.78, 5) is 0. The van der Waals surface area contributed by atoms with Gasteiger partial charge in [-0.15, -0.1) is 0 Å². The summed E-state index contributed by atoms with van der Waals surface area (Å²) >= 11 is 3.38. The molecule has 0 aliphatic heterocycles. The molecule has 20 heavy (non-hydrogen) atoms. The molecule has 2 N–H and O–H groups in total. The molecule has 2 unspecified atom stereocenters. The predicted molar refractivity (Wildman–Crippen MR) is 82.2 cm³/mol. The number of halogens is 2. The molecule has 0 aliphatic carbocycles. The van der Waals surface area contributed by atoms with E-state index in [1.54, 1.807) is 6.07 Å². The highest BCUT2D eigenvalue weighted by atomic mass is 79.9. The number of benzene rings is 2. The van der Waals surface area contributed by atoms with Crippen LogP contribution in [0, 0.1) is 5.82 Å². The van der Waals surface area contributed by atoms with Gasteiger partial charge in [0.1, 0.15) is 17.7 Å². The van der Waals surface area contributed by atoms with Crippen LogP contribution in [0.1, 0.15) is 25.0 Å². The maximum Gasteiger partial charge on any atom is 0.139 e. The van der Waals surface area contributed by atoms with Gasteiger partial charge in [0.2, 0.25) is 0 Å². The molecule has 2 nitrogen and oxygen atoms in total. The fourth-order valence-electron chi connectivity index (χ4n) is 1.96. The summed E-state index contributed by atoms with van der Waals surface area (Å²) in [6.07, 6.45) is 0.384. The van der Waals surface area contributed by atoms with Gasteiger partial charge >= 0.3 is 0 Å². The van der Waals surface area contributed by atoms with Crippen LogP contribution in [0.4, 0.5) is 4.39 Å². The normalized spacial score (nSPS) is 13.8. The standard InChI is InChI=1S/C16H17BrFNO/c1-2-15(19)16(11-4-3-5-13(18)10-11)20-14-8-6-12(17)7-9-14/h3-10,15-16H,2,19H2,1H3. The largest absolute Gasteiger partial charge is 0.484 e. The number of hydrogen-bond donors (Lipinski definition) is 1. The average molecular weight is 338 g/mol. The van der Waals surface area contributed by atoms with E-state index in [0.29, 0.717) is 5.75 Å². The van der Waals surface area contributed by atoms with Gasteiger partial charge in [-0.05, 0) is 48.4 Å². The van der Waals surface area contributed by atoms with Crippen molar-refractivity contribution in [2.45, 2.75) is 25.5 Å². The van der Waals surface area contributed by atoms with Crippen LogP contribution in [0.15, 0.2) is 53.0 Å². The highest BCUT2D eigenvalue weighted by Gasteiger charge is 2.21. The van der Waals surface area contributed by atoms with E-state index in [2.05, 4.69) is 15.9 Å². The fraction of sp³-hybridized carbons (Fsp3) is 0.250. The van der Waals surface area contributed by atoms with Gasteiger partial charge < -0.3 is 10.5 Å². The predicted octanol–water partition coefficient (Wildman–Crippen LogP) is 4.45. The summed E-state index contributed by atoms with van der Waals surface area (Å²) in [5, 5.41) is 0. The second-order valence-electron chi connectivity index (χ2n) is 4.62. The van der Waals surface area contributed by atoms with Gasteiger partial charge in [-0.3, -0.25) is 0 Å². The number of rotatable bonds is 5. The quantitative estimate of drug-likeness (QED) is 0.874. The smallest absolute Gasteiger partial charge is 0.139 e. The molecule has 0 radical (unpaired) electrons. The lowest BCUT2D eigenvalue weighted by Gasteiger charge is -2.25. The Bertz CT molecular complexity index is 559. The van der Waals surface area contributed by atoms with Crippen molar-refractivity contribution in [3.05, 3.63) is 64.4 Å². The molecule has 0 heterocycles. The first-order valence-electron chi connectivity index (χ1n) is 6.53. The first-order valence-corrected chi connectivity index (χ1v) is 7.32. The summed E-state index contributed by atoms with van der Waals surface area (Å²) in [7, 11) is 0. The molecule has 0 amide bonds. The Balaban J connectivity index is 2.26. The molecule has 0 saturated carbocycles. The Morgan fingerprint density at radius 2 is 1.90 bits per heavy atom. The molecule has 2 atom stereocenters. The third-order valence-corrected chi connectivity index (χ3v) is 3.64. The van der Waals surface area contributed by atoms with Crippen LogP contribution >= 0.6 is 15.9 Å². The number of nitrogens with two attached hydrogens (primary N) is 1. The second kappa shape index (κ2) is 6.86. The minimum absolute atomic E-state index is 0.194. The summed E-state index contributed by atoms with van der Waals surface area (Å²) in [6.45, 7) is 1.99. The lowest BCUT2D eigenvalue weighted by Crippen LogP contribution is -2.31. The fourth-order valence-corrected chi connectivity index (χ4v) is 2.22. The molecule has 2 rings (SSSR count). The molecule has 2 aromatic carbocycles. The topological polar surface area (TPSA) is 35.2 Å². The van der Waals surface area contributed by atoms with Gasteiger partial charge in [0, 0.05) is 10.5 Å². The van der Waals surface area contributed by atoms with Crippen LogP contribution < -0.4 is 10.5 Å². The van der Waals surface area contributed by atoms with Crippen molar-refractivity contribution in [2.24, 2.45) is 5.73 Å². The lowest BCUT2D eigenvalue weighted by atomic mass is 10.0. The molecule has 0 aromatic heterocycles. The molecule has 2 aromatic rings. The highest BCUT2D eigenvalue weighted by molar-refractivity contribution is 9.10. The first-order chi connectivity index (χ1) is 9.60. The van der Waals surface area contributed by atoms with Gasteiger partial charge in [0.05, 0.1) is 0 Å². The van der Waals surface area contributed by atoms with E-state index in [1.165, 1.54) is 12.1 Å². The maximum atomic E-state index is 13.4. The van der Waals surface area contributed by atoms with E-state index < -0.39 is 0 Å². The highest BCUT2D eigenvalue weighted by Crippen LogP contribution is 2.27. The molecule has 0 bridgehead atoms. The molecule has 4 heteroatoms. The van der Waals surface area contributed by atoms with E-state index >= 15 is 0 Å². The molecule has 0 aliphatic rings. The van der Waals surface area contributed by atoms with Crippen molar-refractivity contribution in [1.82, 2.24) is 0 Å². The Morgan fingerprint density at radius 3 is 2.50 bits per heavy atom. The molecular weight excluding hydrogens is 321 g/mol. The Labute approximate surface area is 126 Å². The summed E-state index contributed by atoms with van der Waals surface area (Å²) < 4.78 is 20.3. The van der Waals surface area contributed by atoms with Crippen molar-refractivity contribution >= 4 is 15.9 Å². The van der Waals surface area contributed by atoms with Crippen LogP contribution in [0.2, 0.25) is 0 Å². The van der Waals surface area contributed by atoms with Crippen LogP contribution in [-0.2, 0) is 0 Å². The Hall–Kier alpha value is -1.39. The van der Waals surface area contributed by atoms with Crippen molar-refractivity contribution in [3.8, 4) is 5.75 Å². The van der Waals surface area contributed by atoms with Gasteiger partial charge in [0.25, 0.3) is 0 Å². The van der Waals surface area contributed by atoms with Crippen LogP contribution in [0.25, 0.3) is 0 Å². The zero-order valence-electron chi connectivity index (χ0n) is 11.2. The zero-order chi connectivity index (χ0) is 14.5. The van der Waals surface area contributed by atoms with Crippen molar-refractivity contribution in [2.75, 3.05) is 0 Å². The Morgan fingerprint density at radius 1 is 1.20 bits per heavy atom. The van der Waals surface area contributed by atoms with Gasteiger partial charge in [0.15, 0.2) is 0 Å². The minimum atomic E-state index is -0.364. The third-order valence-electron chi connectivity index (χ3n) is 3.11. The first kappa shape index (κ1) is 15.0. The summed E-state index contributed by atoms with van der Waals surface area (Å²) in [5.74, 6) is 0.432. The third kappa shape index (κ3) is 3.81. The average Bonchev–Trinajstić information content (AvgIpc) is 2.46. The van der Waals surface area contributed by atoms with Crippen molar-refractivity contribution < 1.29 is 9.13 Å². The van der Waals surface area contributed by atoms with Crippen molar-refractivity contribution in [1.29, 1.82) is 0 Å². The molecule has 0 saturated heterocycles. The zero-order valence-corrected chi connectivity index (χ0v) is 12.8. The van der Waals surface area contributed by atoms with E-state index in [9.17, 15) is 4.39 Å². The van der Waals surface area contributed by atoms with Crippen LogP contribution in [-0.4, -0.2) is 6.04 Å². The van der Waals surface area contributed by atoms with Gasteiger partial charge in [-0.1, -0.05) is 35.0 Å². The Kier molecular flexibility index (Phi) is 5.15. The van der Waals surface area contributed by atoms with E-state index in [4.69, 9.17) is 10.5 Å². The number of ether oxygens (including phenoxy) is 1. The van der Waals surface area contributed by atoms with E-state index in [-0.39, 0.29) is 18.0 Å². The van der Waals surface area contributed by atoms with E-state index in [0.717, 1.165) is 16.5 Å². The van der Waals surface area contributed by atoms with Crippen LogP contribution in [0.5, 0.6) is 5.75 Å². The van der Waals surface area contributed by atoms with E-state index in [1.807, 2.05) is 37.3 Å². The molecule has 0 spiro atoms. The van der Waals surface area contributed by atoms with Crippen LogP contribution in [0.3, 0.4) is 0 Å². The second-order valence-corrected chi connectivity index (χ2v) is 5.54. The molecule has 106 valence electrons. The SMILES string of the molecule is CCC(N)C(Oc1ccc(Br)cc1)c1cccc(F)c1. The summed E-state index contributed by atoms with van der Waals surface area (Å²) in [5.41, 5.74) is 6.87.